The van der Waals surface area contributed by atoms with Crippen LogP contribution in [0.5, 0.6) is 0 Å². The molecule has 0 aliphatic heterocycles. The highest BCUT2D eigenvalue weighted by atomic mass is 19.1. The lowest BCUT2D eigenvalue weighted by molar-refractivity contribution is -0.155. The number of rotatable bonds is 11. The molecule has 9 heteroatoms. The van der Waals surface area contributed by atoms with E-state index in [1.807, 2.05) is 77.5 Å². The van der Waals surface area contributed by atoms with Crippen LogP contribution in [0.25, 0.3) is 11.1 Å². The third-order valence-electron chi connectivity index (χ3n) is 7.98. The predicted molar refractivity (Wildman–Crippen MR) is 188 cm³/mol. The molecule has 1 aliphatic rings. The van der Waals surface area contributed by atoms with Gasteiger partial charge in [0, 0.05) is 42.8 Å². The summed E-state index contributed by atoms with van der Waals surface area (Å²) in [6.45, 7) is 10.9. The van der Waals surface area contributed by atoms with Crippen LogP contribution in [0.4, 0.5) is 10.1 Å². The van der Waals surface area contributed by atoms with E-state index in [4.69, 9.17) is 14.6 Å². The van der Waals surface area contributed by atoms with E-state index >= 15 is 4.39 Å². The van der Waals surface area contributed by atoms with Crippen molar-refractivity contribution in [1.29, 1.82) is 0 Å². The number of carbonyl (C=O) groups is 3. The Labute approximate surface area is 288 Å². The van der Waals surface area contributed by atoms with Crippen LogP contribution in [0.2, 0.25) is 0 Å². The van der Waals surface area contributed by atoms with Gasteiger partial charge in [-0.15, -0.1) is 0 Å². The van der Waals surface area contributed by atoms with Crippen LogP contribution in [0.15, 0.2) is 66.7 Å². The van der Waals surface area contributed by atoms with Crippen LogP contribution in [0.3, 0.4) is 0 Å². The first-order valence-electron chi connectivity index (χ1n) is 16.8. The molecule has 4 aromatic rings. The van der Waals surface area contributed by atoms with Crippen molar-refractivity contribution in [1.82, 2.24) is 9.78 Å². The van der Waals surface area contributed by atoms with Crippen molar-refractivity contribution in [3.63, 3.8) is 0 Å². The number of hydrogen-bond donors (Lipinski definition) is 1. The second-order valence-electron chi connectivity index (χ2n) is 14.9. The molecule has 0 saturated heterocycles. The number of ether oxygens (including phenoxy) is 2. The van der Waals surface area contributed by atoms with Gasteiger partial charge < -0.3 is 14.8 Å². The van der Waals surface area contributed by atoms with E-state index in [2.05, 4.69) is 11.4 Å². The number of halogens is 1. The van der Waals surface area contributed by atoms with Gasteiger partial charge in [-0.25, -0.2) is 4.39 Å². The minimum atomic E-state index is -0.633. The molecule has 1 aliphatic carbocycles. The highest BCUT2D eigenvalue weighted by molar-refractivity contribution is 6.05. The summed E-state index contributed by atoms with van der Waals surface area (Å²) in [5.41, 5.74) is 5.10. The maximum atomic E-state index is 15.0. The summed E-state index contributed by atoms with van der Waals surface area (Å²) in [6.07, 6.45) is 3.21. The van der Waals surface area contributed by atoms with Crippen LogP contribution in [-0.4, -0.2) is 38.8 Å². The monoisotopic (exact) mass is 667 g/mol. The molecule has 1 N–H and O–H groups in total. The van der Waals surface area contributed by atoms with Crippen LogP contribution in [0.1, 0.15) is 105 Å². The molecular formula is C40H46FN3O5. The predicted octanol–water partition coefficient (Wildman–Crippen LogP) is 8.11. The highest BCUT2D eigenvalue weighted by Crippen LogP contribution is 2.39. The van der Waals surface area contributed by atoms with Crippen molar-refractivity contribution in [2.75, 3.05) is 5.32 Å². The number of aryl methyl sites for hydroxylation is 2. The van der Waals surface area contributed by atoms with Crippen LogP contribution < -0.4 is 5.32 Å². The van der Waals surface area contributed by atoms with Crippen molar-refractivity contribution < 1.29 is 28.2 Å². The SMILES string of the molecule is Cn1nc(C2CC2)cc1Cc1cc(C(=O)Nc2ccccc2CC(=O)OC(C)(C)C)cc(-c2cc(F)cc(CCC(=O)OC(C)(C)C)c2)c1. The third-order valence-corrected chi connectivity index (χ3v) is 7.98. The zero-order chi connectivity index (χ0) is 35.5. The van der Waals surface area contributed by atoms with Gasteiger partial charge in [-0.2, -0.15) is 5.10 Å². The largest absolute Gasteiger partial charge is 0.460 e. The van der Waals surface area contributed by atoms with Gasteiger partial charge in [0.1, 0.15) is 17.0 Å². The second-order valence-corrected chi connectivity index (χ2v) is 14.9. The first-order valence-corrected chi connectivity index (χ1v) is 16.8. The van der Waals surface area contributed by atoms with Crippen LogP contribution in [0, 0.1) is 5.82 Å². The standard InChI is InChI=1S/C40H46FN3O5/c1-39(2,3)48-36(45)15-12-25-16-30(22-32(41)19-25)29-17-26(20-33-24-35(27-13-14-27)43-44(33)7)18-31(21-29)38(47)42-34-11-9-8-10-28(34)23-37(46)49-40(4,5)6/h8-11,16-19,21-22,24,27H,12-15,20,23H2,1-7H3,(H,42,47). The molecule has 1 fully saturated rings. The molecule has 49 heavy (non-hydrogen) atoms. The Kier molecular flexibility index (Phi) is 10.4. The normalized spacial score (nSPS) is 13.2. The smallest absolute Gasteiger partial charge is 0.310 e. The Morgan fingerprint density at radius 2 is 1.51 bits per heavy atom. The first-order chi connectivity index (χ1) is 23.0. The fourth-order valence-corrected chi connectivity index (χ4v) is 5.70. The quantitative estimate of drug-likeness (QED) is 0.162. The minimum absolute atomic E-state index is 0.00179. The molecule has 0 atom stereocenters. The van der Waals surface area contributed by atoms with Gasteiger partial charge >= 0.3 is 11.9 Å². The first kappa shape index (κ1) is 35.5. The summed E-state index contributed by atoms with van der Waals surface area (Å²) < 4.78 is 27.9. The number of esters is 2. The van der Waals surface area contributed by atoms with Gasteiger partial charge in [0.05, 0.1) is 12.1 Å². The van der Waals surface area contributed by atoms with Gasteiger partial charge in [0.2, 0.25) is 0 Å². The Bertz CT molecular complexity index is 1860. The molecule has 3 aromatic carbocycles. The number of amides is 1. The highest BCUT2D eigenvalue weighted by Gasteiger charge is 2.27. The molecule has 8 nitrogen and oxygen atoms in total. The van der Waals surface area contributed by atoms with Crippen molar-refractivity contribution in [2.24, 2.45) is 7.05 Å². The second kappa shape index (κ2) is 14.4. The van der Waals surface area contributed by atoms with E-state index in [0.717, 1.165) is 29.8 Å². The molecule has 0 unspecified atom stereocenters. The van der Waals surface area contributed by atoms with E-state index in [-0.39, 0.29) is 24.7 Å². The summed E-state index contributed by atoms with van der Waals surface area (Å²) in [5.74, 6) is -1.06. The molecule has 0 bridgehead atoms. The lowest BCUT2D eigenvalue weighted by atomic mass is 9.95. The summed E-state index contributed by atoms with van der Waals surface area (Å²) >= 11 is 0. The van der Waals surface area contributed by atoms with Crippen molar-refractivity contribution in [3.8, 4) is 11.1 Å². The van der Waals surface area contributed by atoms with E-state index in [0.29, 0.717) is 52.3 Å². The Morgan fingerprint density at radius 1 is 0.857 bits per heavy atom. The Balaban J connectivity index is 1.46. The van der Waals surface area contributed by atoms with E-state index in [1.165, 1.54) is 12.1 Å². The molecule has 0 radical (unpaired) electrons. The number of carbonyl (C=O) groups excluding carboxylic acids is 3. The molecule has 1 heterocycles. The Morgan fingerprint density at radius 3 is 2.20 bits per heavy atom. The van der Waals surface area contributed by atoms with Gasteiger partial charge in [-0.3, -0.25) is 19.1 Å². The number of para-hydroxylation sites is 1. The van der Waals surface area contributed by atoms with Crippen molar-refractivity contribution >= 4 is 23.5 Å². The van der Waals surface area contributed by atoms with Gasteiger partial charge in [0.15, 0.2) is 0 Å². The lowest BCUT2D eigenvalue weighted by Gasteiger charge is -2.20. The summed E-state index contributed by atoms with van der Waals surface area (Å²) in [7, 11) is 1.92. The van der Waals surface area contributed by atoms with Gasteiger partial charge in [-0.1, -0.05) is 30.3 Å². The van der Waals surface area contributed by atoms with E-state index in [9.17, 15) is 14.4 Å². The van der Waals surface area contributed by atoms with Crippen molar-refractivity contribution in [2.45, 2.75) is 97.2 Å². The number of nitrogens with one attached hydrogen (secondary N) is 1. The molecule has 1 aromatic heterocycles. The maximum absolute atomic E-state index is 15.0. The minimum Gasteiger partial charge on any atom is -0.460 e. The third kappa shape index (κ3) is 10.3. The van der Waals surface area contributed by atoms with E-state index < -0.39 is 23.0 Å². The molecule has 5 rings (SSSR count). The average molecular weight is 668 g/mol. The van der Waals surface area contributed by atoms with Crippen molar-refractivity contribution in [3.05, 3.63) is 106 Å². The summed E-state index contributed by atoms with van der Waals surface area (Å²) in [5, 5.41) is 7.70. The summed E-state index contributed by atoms with van der Waals surface area (Å²) in [4.78, 5) is 38.9. The number of hydrogen-bond acceptors (Lipinski definition) is 6. The lowest BCUT2D eigenvalue weighted by Crippen LogP contribution is -2.25. The molecule has 1 amide bonds. The Hall–Kier alpha value is -4.79. The fraction of sp³-hybridized carbons (Fsp3) is 0.400. The van der Waals surface area contributed by atoms with Gasteiger partial charge in [0.25, 0.3) is 5.91 Å². The maximum Gasteiger partial charge on any atom is 0.310 e. The molecule has 1 saturated carbocycles. The van der Waals surface area contributed by atoms with Crippen LogP contribution >= 0.6 is 0 Å². The molecule has 0 spiro atoms. The number of benzene rings is 3. The topological polar surface area (TPSA) is 99.5 Å². The van der Waals surface area contributed by atoms with E-state index in [1.54, 1.807) is 24.3 Å². The average Bonchev–Trinajstić information content (AvgIpc) is 3.78. The molecule has 258 valence electrons. The summed E-state index contributed by atoms with van der Waals surface area (Å²) in [6, 6.07) is 19.5. The fourth-order valence-electron chi connectivity index (χ4n) is 5.70. The zero-order valence-corrected chi connectivity index (χ0v) is 29.5. The zero-order valence-electron chi connectivity index (χ0n) is 29.5. The number of anilines is 1. The number of nitrogens with zero attached hydrogens (tertiary/aromatic N) is 2. The number of aromatic nitrogens is 2. The van der Waals surface area contributed by atoms with Gasteiger partial charge in [-0.05, 0) is 125 Å². The van der Waals surface area contributed by atoms with Crippen LogP contribution in [-0.2, 0) is 45.4 Å². The molecular weight excluding hydrogens is 621 g/mol.